The van der Waals surface area contributed by atoms with E-state index in [0.717, 1.165) is 51.4 Å². The molecule has 0 aliphatic carbocycles. The minimum absolute atomic E-state index is 0.0680. The predicted octanol–water partition coefficient (Wildman–Crippen LogP) is 10.3. The van der Waals surface area contributed by atoms with Crippen LogP contribution in [-0.4, -0.2) is 36.4 Å². The van der Waals surface area contributed by atoms with Crippen molar-refractivity contribution in [2.24, 2.45) is 0 Å². The Kier molecular flexibility index (Phi) is 31.6. The Morgan fingerprint density at radius 2 is 0.976 bits per heavy atom. The molecule has 0 saturated heterocycles. The van der Waals surface area contributed by atoms with Crippen molar-refractivity contribution in [3.8, 4) is 0 Å². The van der Waals surface area contributed by atoms with E-state index in [9.17, 15) is 14.7 Å². The summed E-state index contributed by atoms with van der Waals surface area (Å²) in [6.45, 7) is 4.09. The molecule has 0 rings (SSSR count). The topological polar surface area (TPSA) is 72.8 Å². The second-order valence-electron chi connectivity index (χ2n) is 11.6. The fraction of sp³-hybridized carbons (Fsp3) is 0.833. The highest BCUT2D eigenvalue weighted by atomic mass is 16.6. The Balaban J connectivity index is 3.60. The van der Waals surface area contributed by atoms with E-state index in [-0.39, 0.29) is 25.2 Å². The number of aliphatic hydroxyl groups is 1. The van der Waals surface area contributed by atoms with Crippen LogP contribution in [0.4, 0.5) is 0 Å². The maximum absolute atomic E-state index is 12.1. The van der Waals surface area contributed by atoms with Crippen molar-refractivity contribution in [3.05, 3.63) is 24.3 Å². The summed E-state index contributed by atoms with van der Waals surface area (Å²) in [4.78, 5) is 24.1. The largest absolute Gasteiger partial charge is 0.462 e. The summed E-state index contributed by atoms with van der Waals surface area (Å²) in [5, 5.41) is 9.50. The van der Waals surface area contributed by atoms with Gasteiger partial charge in [0.2, 0.25) is 0 Å². The summed E-state index contributed by atoms with van der Waals surface area (Å²) in [6.07, 6.45) is 36.5. The Morgan fingerprint density at radius 3 is 1.49 bits per heavy atom. The third kappa shape index (κ3) is 31.2. The first-order valence-electron chi connectivity index (χ1n) is 17.4. The van der Waals surface area contributed by atoms with Gasteiger partial charge in [-0.3, -0.25) is 9.59 Å². The molecule has 5 nitrogen and oxygen atoms in total. The minimum Gasteiger partial charge on any atom is -0.462 e. The predicted molar refractivity (Wildman–Crippen MR) is 173 cm³/mol. The monoisotopic (exact) mass is 578 g/mol. The van der Waals surface area contributed by atoms with E-state index in [1.807, 2.05) is 0 Å². The van der Waals surface area contributed by atoms with Gasteiger partial charge in [-0.25, -0.2) is 0 Å². The Morgan fingerprint density at radius 1 is 0.561 bits per heavy atom. The van der Waals surface area contributed by atoms with Crippen molar-refractivity contribution in [1.29, 1.82) is 0 Å². The second-order valence-corrected chi connectivity index (χ2v) is 11.6. The van der Waals surface area contributed by atoms with Crippen molar-refractivity contribution in [2.75, 3.05) is 13.2 Å². The van der Waals surface area contributed by atoms with Crippen molar-refractivity contribution >= 4 is 11.9 Å². The summed E-state index contributed by atoms with van der Waals surface area (Å²) in [5.41, 5.74) is 0. The fourth-order valence-electron chi connectivity index (χ4n) is 4.82. The average molecular weight is 579 g/mol. The quantitative estimate of drug-likeness (QED) is 0.0503. The molecule has 240 valence electrons. The first-order chi connectivity index (χ1) is 20.1. The molecule has 0 unspecified atom stereocenters. The molecule has 0 saturated carbocycles. The van der Waals surface area contributed by atoms with Crippen molar-refractivity contribution < 1.29 is 24.2 Å². The van der Waals surface area contributed by atoms with Gasteiger partial charge in [0.15, 0.2) is 6.10 Å². The minimum atomic E-state index is -0.772. The average Bonchev–Trinajstić information content (AvgIpc) is 2.97. The second kappa shape index (κ2) is 32.9. The number of rotatable bonds is 31. The zero-order valence-electron chi connectivity index (χ0n) is 27.1. The standard InChI is InChI=1S/C36H66O5/c1-3-5-7-9-11-13-15-17-18-19-21-23-25-27-29-31-36(39)41-34(32-37)33-40-35(38)30-28-26-24-22-20-16-14-12-10-8-6-4-2/h11,13,17-18,34,37H,3-10,12,14-16,19-33H2,1-2H3/b13-11-,18-17-/t34-/m0/s1. The van der Waals surface area contributed by atoms with Crippen LogP contribution in [0.1, 0.15) is 174 Å². The highest BCUT2D eigenvalue weighted by Gasteiger charge is 2.16. The molecule has 0 aromatic carbocycles. The Bertz CT molecular complexity index is 627. The Labute approximate surface area is 253 Å². The van der Waals surface area contributed by atoms with Crippen molar-refractivity contribution in [1.82, 2.24) is 0 Å². The highest BCUT2D eigenvalue weighted by Crippen LogP contribution is 2.13. The van der Waals surface area contributed by atoms with Gasteiger partial charge >= 0.3 is 11.9 Å². The zero-order chi connectivity index (χ0) is 30.1. The van der Waals surface area contributed by atoms with E-state index in [0.29, 0.717) is 12.8 Å². The molecule has 0 radical (unpaired) electrons. The van der Waals surface area contributed by atoms with Crippen LogP contribution in [0, 0.1) is 0 Å². The number of hydrogen-bond donors (Lipinski definition) is 1. The van der Waals surface area contributed by atoms with Crippen LogP contribution in [0.2, 0.25) is 0 Å². The van der Waals surface area contributed by atoms with Crippen LogP contribution >= 0.6 is 0 Å². The van der Waals surface area contributed by atoms with Crippen LogP contribution < -0.4 is 0 Å². The molecular formula is C36H66O5. The lowest BCUT2D eigenvalue weighted by Crippen LogP contribution is -2.28. The van der Waals surface area contributed by atoms with E-state index in [2.05, 4.69) is 38.2 Å². The van der Waals surface area contributed by atoms with Gasteiger partial charge in [0.05, 0.1) is 6.61 Å². The third-order valence-corrected chi connectivity index (χ3v) is 7.50. The normalized spacial score (nSPS) is 12.4. The van der Waals surface area contributed by atoms with Gasteiger partial charge in [0, 0.05) is 12.8 Å². The fourth-order valence-corrected chi connectivity index (χ4v) is 4.82. The van der Waals surface area contributed by atoms with Crippen molar-refractivity contribution in [3.63, 3.8) is 0 Å². The molecule has 0 aromatic heterocycles. The van der Waals surface area contributed by atoms with Gasteiger partial charge in [0.1, 0.15) is 6.61 Å². The van der Waals surface area contributed by atoms with Crippen LogP contribution in [0.5, 0.6) is 0 Å². The summed E-state index contributed by atoms with van der Waals surface area (Å²) in [5.74, 6) is -0.605. The van der Waals surface area contributed by atoms with Gasteiger partial charge in [-0.1, -0.05) is 141 Å². The molecule has 0 amide bonds. The number of aliphatic hydroxyl groups excluding tert-OH is 1. The van der Waals surface area contributed by atoms with E-state index in [1.54, 1.807) is 0 Å². The van der Waals surface area contributed by atoms with Crippen LogP contribution in [0.3, 0.4) is 0 Å². The van der Waals surface area contributed by atoms with E-state index < -0.39 is 6.10 Å². The number of carbonyl (C=O) groups excluding carboxylic acids is 2. The lowest BCUT2D eigenvalue weighted by Gasteiger charge is -2.15. The first-order valence-corrected chi connectivity index (χ1v) is 17.4. The molecule has 0 bridgehead atoms. The lowest BCUT2D eigenvalue weighted by atomic mass is 10.0. The van der Waals surface area contributed by atoms with Gasteiger partial charge in [-0.15, -0.1) is 0 Å². The van der Waals surface area contributed by atoms with Gasteiger partial charge in [0.25, 0.3) is 0 Å². The van der Waals surface area contributed by atoms with E-state index >= 15 is 0 Å². The van der Waals surface area contributed by atoms with Crippen LogP contribution in [-0.2, 0) is 19.1 Å². The van der Waals surface area contributed by atoms with E-state index in [1.165, 1.54) is 96.3 Å². The SMILES string of the molecule is CCCCC/C=C\C/C=C\CCCCCCCC(=O)O[C@@H](CO)COC(=O)CCCCCCCCCCCCCC. The highest BCUT2D eigenvalue weighted by molar-refractivity contribution is 5.70. The Hall–Kier alpha value is -1.62. The molecule has 0 spiro atoms. The molecule has 0 fully saturated rings. The molecule has 0 aliphatic heterocycles. The summed E-state index contributed by atoms with van der Waals surface area (Å²) < 4.78 is 10.5. The number of allylic oxidation sites excluding steroid dienone is 4. The van der Waals surface area contributed by atoms with Gasteiger partial charge in [-0.2, -0.15) is 0 Å². The van der Waals surface area contributed by atoms with Crippen LogP contribution in [0.15, 0.2) is 24.3 Å². The van der Waals surface area contributed by atoms with Gasteiger partial charge < -0.3 is 14.6 Å². The van der Waals surface area contributed by atoms with E-state index in [4.69, 9.17) is 9.47 Å². The number of esters is 2. The zero-order valence-corrected chi connectivity index (χ0v) is 27.1. The summed E-state index contributed by atoms with van der Waals surface area (Å²) in [6, 6.07) is 0. The molecule has 0 heterocycles. The molecule has 1 atom stereocenters. The van der Waals surface area contributed by atoms with Crippen LogP contribution in [0.25, 0.3) is 0 Å². The molecular weight excluding hydrogens is 512 g/mol. The number of hydrogen-bond acceptors (Lipinski definition) is 5. The molecule has 0 aliphatic rings. The molecule has 5 heteroatoms. The summed E-state index contributed by atoms with van der Waals surface area (Å²) in [7, 11) is 0. The number of unbranched alkanes of at least 4 members (excludes halogenated alkanes) is 19. The lowest BCUT2D eigenvalue weighted by molar-refractivity contribution is -0.161. The summed E-state index contributed by atoms with van der Waals surface area (Å²) >= 11 is 0. The van der Waals surface area contributed by atoms with Gasteiger partial charge in [-0.05, 0) is 44.9 Å². The molecule has 1 N–H and O–H groups in total. The smallest absolute Gasteiger partial charge is 0.306 e. The first kappa shape index (κ1) is 39.4. The number of carbonyl (C=O) groups is 2. The molecule has 0 aromatic rings. The maximum atomic E-state index is 12.1. The third-order valence-electron chi connectivity index (χ3n) is 7.50. The maximum Gasteiger partial charge on any atom is 0.306 e. The molecule has 41 heavy (non-hydrogen) atoms. The van der Waals surface area contributed by atoms with Crippen molar-refractivity contribution in [2.45, 2.75) is 180 Å². The number of ether oxygens (including phenoxy) is 2.